The first kappa shape index (κ1) is 19.2. The molecule has 0 aliphatic heterocycles. The second-order valence-electron chi connectivity index (χ2n) is 5.37. The number of aryl methyl sites for hydroxylation is 1. The highest BCUT2D eigenvalue weighted by atomic mass is 32.2. The molecule has 3 rings (SSSR count). The van der Waals surface area contributed by atoms with E-state index in [9.17, 15) is 4.79 Å². The fourth-order valence-electron chi connectivity index (χ4n) is 2.17. The van der Waals surface area contributed by atoms with Crippen LogP contribution in [-0.4, -0.2) is 21.9 Å². The molecule has 0 saturated heterocycles. The number of nitriles is 1. The van der Waals surface area contributed by atoms with Crippen LogP contribution in [0.2, 0.25) is 0 Å². The zero-order valence-corrected chi connectivity index (χ0v) is 16.8. The van der Waals surface area contributed by atoms with Gasteiger partial charge in [0.1, 0.15) is 5.40 Å². The van der Waals surface area contributed by atoms with Gasteiger partial charge in [-0.05, 0) is 54.6 Å². The summed E-state index contributed by atoms with van der Waals surface area (Å²) < 4.78 is 0.723. The van der Waals surface area contributed by atoms with Crippen molar-refractivity contribution in [2.24, 2.45) is 0 Å². The number of thioether (sulfide) groups is 2. The molecule has 9 heteroatoms. The lowest BCUT2D eigenvalue weighted by molar-refractivity contribution is -0.113. The first-order chi connectivity index (χ1) is 13.1. The summed E-state index contributed by atoms with van der Waals surface area (Å²) in [4.78, 5) is 13.1. The van der Waals surface area contributed by atoms with E-state index in [1.807, 2.05) is 60.9 Å². The number of rotatable bonds is 7. The van der Waals surface area contributed by atoms with Crippen molar-refractivity contribution in [3.05, 3.63) is 54.1 Å². The van der Waals surface area contributed by atoms with Gasteiger partial charge < -0.3 is 10.6 Å². The molecule has 0 spiro atoms. The quantitative estimate of drug-likeness (QED) is 0.421. The van der Waals surface area contributed by atoms with Gasteiger partial charge in [-0.15, -0.1) is 10.2 Å². The van der Waals surface area contributed by atoms with Crippen molar-refractivity contribution in [2.45, 2.75) is 16.2 Å². The summed E-state index contributed by atoms with van der Waals surface area (Å²) in [5, 5.41) is 25.7. The van der Waals surface area contributed by atoms with Crippen LogP contribution in [0.1, 0.15) is 5.56 Å². The summed E-state index contributed by atoms with van der Waals surface area (Å²) in [6.45, 7) is 1.90. The lowest BCUT2D eigenvalue weighted by atomic mass is 10.2. The third-order valence-electron chi connectivity index (χ3n) is 3.39. The van der Waals surface area contributed by atoms with Crippen LogP contribution in [0.5, 0.6) is 0 Å². The fraction of sp³-hybridized carbons (Fsp3) is 0.111. The van der Waals surface area contributed by atoms with Crippen LogP contribution in [0.4, 0.5) is 16.5 Å². The molecule has 6 nitrogen and oxygen atoms in total. The summed E-state index contributed by atoms with van der Waals surface area (Å²) in [7, 11) is 0. The van der Waals surface area contributed by atoms with Gasteiger partial charge in [0.25, 0.3) is 0 Å². The van der Waals surface area contributed by atoms with E-state index in [2.05, 4.69) is 20.8 Å². The van der Waals surface area contributed by atoms with Gasteiger partial charge in [0.2, 0.25) is 11.0 Å². The maximum absolute atomic E-state index is 12.2. The van der Waals surface area contributed by atoms with E-state index in [1.165, 1.54) is 23.1 Å². The molecule has 0 aliphatic carbocycles. The lowest BCUT2D eigenvalue weighted by Gasteiger charge is -2.08. The zero-order valence-electron chi connectivity index (χ0n) is 14.3. The maximum Gasteiger partial charge on any atom is 0.234 e. The Balaban J connectivity index is 1.52. The monoisotopic (exact) mass is 413 g/mol. The average Bonchev–Trinajstić information content (AvgIpc) is 3.11. The number of thiocyanates is 1. The predicted octanol–water partition coefficient (Wildman–Crippen LogP) is 4.89. The number of anilines is 3. The summed E-state index contributed by atoms with van der Waals surface area (Å²) >= 11 is 3.84. The molecule has 1 aromatic heterocycles. The Labute approximate surface area is 169 Å². The molecule has 1 amide bonds. The summed E-state index contributed by atoms with van der Waals surface area (Å²) in [6.07, 6.45) is 0. The van der Waals surface area contributed by atoms with Crippen molar-refractivity contribution in [3.63, 3.8) is 0 Å². The zero-order chi connectivity index (χ0) is 19.1. The standard InChI is InChI=1S/C18H15N5OS3/c1-12-9-14(26-11-19)7-8-15(12)21-16(24)10-25-18-23-22-17(27-18)20-13-5-3-2-4-6-13/h2-9H,10H2,1H3,(H,20,22)(H,21,24). The molecule has 0 aliphatic rings. The van der Waals surface area contributed by atoms with Gasteiger partial charge in [0, 0.05) is 16.3 Å². The number of nitrogens with one attached hydrogen (secondary N) is 2. The smallest absolute Gasteiger partial charge is 0.234 e. The molecular weight excluding hydrogens is 398 g/mol. The minimum Gasteiger partial charge on any atom is -0.330 e. The van der Waals surface area contributed by atoms with Crippen LogP contribution >= 0.6 is 34.9 Å². The van der Waals surface area contributed by atoms with Gasteiger partial charge in [-0.1, -0.05) is 41.3 Å². The number of para-hydroxylation sites is 1. The number of nitrogens with zero attached hydrogens (tertiary/aromatic N) is 3. The average molecular weight is 414 g/mol. The fourth-order valence-corrected chi connectivity index (χ4v) is 4.22. The van der Waals surface area contributed by atoms with E-state index in [0.29, 0.717) is 5.13 Å². The first-order valence-corrected chi connectivity index (χ1v) is 10.5. The van der Waals surface area contributed by atoms with Crippen LogP contribution in [0.25, 0.3) is 0 Å². The van der Waals surface area contributed by atoms with E-state index >= 15 is 0 Å². The Morgan fingerprint density at radius 1 is 1.22 bits per heavy atom. The molecular formula is C18H15N5OS3. The predicted molar refractivity (Wildman–Crippen MR) is 112 cm³/mol. The van der Waals surface area contributed by atoms with E-state index in [-0.39, 0.29) is 11.7 Å². The highest BCUT2D eigenvalue weighted by molar-refractivity contribution is 8.03. The number of amides is 1. The molecule has 0 atom stereocenters. The maximum atomic E-state index is 12.2. The van der Waals surface area contributed by atoms with Crippen molar-refractivity contribution in [1.29, 1.82) is 5.26 Å². The van der Waals surface area contributed by atoms with Crippen molar-refractivity contribution in [2.75, 3.05) is 16.4 Å². The third-order valence-corrected chi connectivity index (χ3v) is 5.95. The highest BCUT2D eigenvalue weighted by Gasteiger charge is 2.10. The Bertz CT molecular complexity index is 969. The molecule has 2 N–H and O–H groups in total. The number of hydrogen-bond acceptors (Lipinski definition) is 8. The Hall–Kier alpha value is -2.54. The van der Waals surface area contributed by atoms with Crippen molar-refractivity contribution in [1.82, 2.24) is 10.2 Å². The molecule has 0 bridgehead atoms. The van der Waals surface area contributed by atoms with Gasteiger partial charge in [-0.2, -0.15) is 5.26 Å². The van der Waals surface area contributed by atoms with E-state index in [4.69, 9.17) is 5.26 Å². The Morgan fingerprint density at radius 3 is 2.78 bits per heavy atom. The number of aromatic nitrogens is 2. The van der Waals surface area contributed by atoms with Gasteiger partial charge in [-0.25, -0.2) is 0 Å². The van der Waals surface area contributed by atoms with Crippen LogP contribution < -0.4 is 10.6 Å². The molecule has 0 fully saturated rings. The van der Waals surface area contributed by atoms with Crippen molar-refractivity contribution >= 4 is 57.3 Å². The number of carbonyl (C=O) groups is 1. The van der Waals surface area contributed by atoms with Crippen molar-refractivity contribution in [3.8, 4) is 5.40 Å². The molecule has 0 radical (unpaired) electrons. The van der Waals surface area contributed by atoms with Crippen LogP contribution in [0, 0.1) is 17.6 Å². The SMILES string of the molecule is Cc1cc(SC#N)ccc1NC(=O)CSc1nnc(Nc2ccccc2)s1. The largest absolute Gasteiger partial charge is 0.330 e. The first-order valence-electron chi connectivity index (χ1n) is 7.89. The number of carbonyl (C=O) groups excluding carboxylic acids is 1. The minimum absolute atomic E-state index is 0.114. The normalized spacial score (nSPS) is 10.2. The molecule has 0 saturated carbocycles. The van der Waals surface area contributed by atoms with Gasteiger partial charge >= 0.3 is 0 Å². The molecule has 136 valence electrons. The molecule has 27 heavy (non-hydrogen) atoms. The minimum atomic E-state index is -0.114. The van der Waals surface area contributed by atoms with E-state index in [0.717, 1.165) is 37.9 Å². The van der Waals surface area contributed by atoms with Crippen LogP contribution in [-0.2, 0) is 4.79 Å². The van der Waals surface area contributed by atoms with Crippen LogP contribution in [0.3, 0.4) is 0 Å². The number of hydrogen-bond donors (Lipinski definition) is 2. The van der Waals surface area contributed by atoms with Gasteiger partial charge in [0.15, 0.2) is 4.34 Å². The summed E-state index contributed by atoms with van der Waals surface area (Å²) in [5.74, 6) is 0.130. The molecule has 2 aromatic carbocycles. The Morgan fingerprint density at radius 2 is 2.04 bits per heavy atom. The Kier molecular flexibility index (Phi) is 6.70. The van der Waals surface area contributed by atoms with Gasteiger partial charge in [0.05, 0.1) is 5.75 Å². The van der Waals surface area contributed by atoms with Gasteiger partial charge in [-0.3, -0.25) is 4.79 Å². The third kappa shape index (κ3) is 5.72. The molecule has 0 unspecified atom stereocenters. The second-order valence-corrected chi connectivity index (χ2v) is 8.43. The number of benzene rings is 2. The molecule has 3 aromatic rings. The van der Waals surface area contributed by atoms with Crippen molar-refractivity contribution < 1.29 is 4.79 Å². The van der Waals surface area contributed by atoms with E-state index in [1.54, 1.807) is 0 Å². The highest BCUT2D eigenvalue weighted by Crippen LogP contribution is 2.28. The molecule has 1 heterocycles. The van der Waals surface area contributed by atoms with Crippen LogP contribution in [0.15, 0.2) is 57.8 Å². The lowest BCUT2D eigenvalue weighted by Crippen LogP contribution is -2.14. The summed E-state index contributed by atoms with van der Waals surface area (Å²) in [5.41, 5.74) is 2.60. The topological polar surface area (TPSA) is 90.7 Å². The second kappa shape index (κ2) is 9.41. The van der Waals surface area contributed by atoms with E-state index < -0.39 is 0 Å². The summed E-state index contributed by atoms with van der Waals surface area (Å²) in [6, 6.07) is 15.2.